The maximum Gasteiger partial charge on any atom is 0.274 e. The van der Waals surface area contributed by atoms with Crippen LogP contribution in [0.25, 0.3) is 28.2 Å². The Morgan fingerprint density at radius 1 is 1.28 bits per heavy atom. The summed E-state index contributed by atoms with van der Waals surface area (Å²) in [6.07, 6.45) is 1.57. The Balaban J connectivity index is 1.93. The summed E-state index contributed by atoms with van der Waals surface area (Å²) in [7, 11) is 1.54. The molecule has 0 saturated heterocycles. The Hall–Kier alpha value is -3.06. The fourth-order valence-corrected chi connectivity index (χ4v) is 2.83. The van der Waals surface area contributed by atoms with Crippen LogP contribution in [-0.4, -0.2) is 26.9 Å². The molecule has 0 radical (unpaired) electrons. The van der Waals surface area contributed by atoms with Gasteiger partial charge in [0.1, 0.15) is 11.4 Å². The monoisotopic (exact) mass is 356 g/mol. The van der Waals surface area contributed by atoms with E-state index in [1.54, 1.807) is 30.5 Å². The number of benzene rings is 1. The molecular formula is C17H13ClN4O3. The van der Waals surface area contributed by atoms with Gasteiger partial charge in [0.25, 0.3) is 5.56 Å². The van der Waals surface area contributed by atoms with Crippen molar-refractivity contribution in [1.29, 1.82) is 0 Å². The molecule has 0 aliphatic rings. The summed E-state index contributed by atoms with van der Waals surface area (Å²) in [5, 5.41) is 8.50. The standard InChI is InChI=1S/C17H13ClN4O3/c1-9-5-14(25-21-9)11-8-19-22-16(23)7-13(20-17(11)22)10-3-4-12(18)15(6-10)24-2/h3-8,20H,1-2H3. The zero-order valence-corrected chi connectivity index (χ0v) is 14.2. The van der Waals surface area contributed by atoms with Gasteiger partial charge in [-0.2, -0.15) is 9.61 Å². The molecule has 7 nitrogen and oxygen atoms in total. The van der Waals surface area contributed by atoms with E-state index in [2.05, 4.69) is 15.2 Å². The number of aromatic amines is 1. The number of halogens is 1. The van der Waals surface area contributed by atoms with Gasteiger partial charge in [-0.1, -0.05) is 22.8 Å². The third-order valence-electron chi connectivity index (χ3n) is 3.85. The van der Waals surface area contributed by atoms with Crippen molar-refractivity contribution in [2.75, 3.05) is 7.11 Å². The fourth-order valence-electron chi connectivity index (χ4n) is 2.64. The first kappa shape index (κ1) is 15.5. The summed E-state index contributed by atoms with van der Waals surface area (Å²) < 4.78 is 11.8. The van der Waals surface area contributed by atoms with Crippen molar-refractivity contribution < 1.29 is 9.26 Å². The summed E-state index contributed by atoms with van der Waals surface area (Å²) in [6, 6.07) is 8.54. The summed E-state index contributed by atoms with van der Waals surface area (Å²) in [6.45, 7) is 1.83. The molecule has 4 rings (SSSR count). The van der Waals surface area contributed by atoms with E-state index in [0.29, 0.717) is 33.4 Å². The number of hydrogen-bond donors (Lipinski definition) is 1. The summed E-state index contributed by atoms with van der Waals surface area (Å²) in [5.74, 6) is 1.06. The molecule has 126 valence electrons. The van der Waals surface area contributed by atoms with Gasteiger partial charge in [0.2, 0.25) is 0 Å². The number of hydrogen-bond acceptors (Lipinski definition) is 5. The molecule has 3 heterocycles. The highest BCUT2D eigenvalue weighted by atomic mass is 35.5. The second-order valence-corrected chi connectivity index (χ2v) is 5.93. The van der Waals surface area contributed by atoms with E-state index in [-0.39, 0.29) is 5.56 Å². The third-order valence-corrected chi connectivity index (χ3v) is 4.17. The molecule has 3 aromatic heterocycles. The number of rotatable bonds is 3. The number of H-pyrrole nitrogens is 1. The summed E-state index contributed by atoms with van der Waals surface area (Å²) in [5.41, 5.74) is 3.04. The first-order valence-corrected chi connectivity index (χ1v) is 7.83. The molecule has 25 heavy (non-hydrogen) atoms. The van der Waals surface area contributed by atoms with Crippen LogP contribution in [0.15, 0.2) is 45.8 Å². The Labute approximate surface area is 146 Å². The molecule has 0 aliphatic heterocycles. The predicted molar refractivity (Wildman–Crippen MR) is 93.0 cm³/mol. The van der Waals surface area contributed by atoms with Crippen molar-refractivity contribution in [1.82, 2.24) is 19.8 Å². The van der Waals surface area contributed by atoms with Crippen molar-refractivity contribution in [2.24, 2.45) is 0 Å². The predicted octanol–water partition coefficient (Wildman–Crippen LogP) is 3.32. The highest BCUT2D eigenvalue weighted by Gasteiger charge is 2.15. The van der Waals surface area contributed by atoms with Crippen LogP contribution >= 0.6 is 11.6 Å². The van der Waals surface area contributed by atoms with Crippen LogP contribution in [0.1, 0.15) is 5.69 Å². The SMILES string of the molecule is COc1cc(-c2cc(=O)n3ncc(-c4cc(C)no4)c3[nH]2)ccc1Cl. The van der Waals surface area contributed by atoms with Crippen molar-refractivity contribution in [3.05, 3.63) is 57.6 Å². The van der Waals surface area contributed by atoms with E-state index in [9.17, 15) is 4.79 Å². The first-order valence-electron chi connectivity index (χ1n) is 7.45. The molecule has 0 saturated carbocycles. The number of methoxy groups -OCH3 is 1. The molecule has 0 spiro atoms. The minimum atomic E-state index is -0.264. The maximum absolute atomic E-state index is 12.4. The molecule has 4 aromatic rings. The van der Waals surface area contributed by atoms with Crippen LogP contribution in [0, 0.1) is 6.92 Å². The van der Waals surface area contributed by atoms with Crippen molar-refractivity contribution in [3.63, 3.8) is 0 Å². The minimum absolute atomic E-state index is 0.264. The van der Waals surface area contributed by atoms with E-state index in [4.69, 9.17) is 20.9 Å². The van der Waals surface area contributed by atoms with Crippen LogP contribution in [0.2, 0.25) is 5.02 Å². The topological polar surface area (TPSA) is 85.4 Å². The lowest BCUT2D eigenvalue weighted by molar-refractivity contribution is 0.415. The van der Waals surface area contributed by atoms with Gasteiger partial charge in [0.15, 0.2) is 5.76 Å². The van der Waals surface area contributed by atoms with E-state index < -0.39 is 0 Å². The summed E-state index contributed by atoms with van der Waals surface area (Å²) in [4.78, 5) is 15.6. The Kier molecular flexibility index (Phi) is 3.58. The van der Waals surface area contributed by atoms with Gasteiger partial charge >= 0.3 is 0 Å². The molecule has 0 aliphatic carbocycles. The quantitative estimate of drug-likeness (QED) is 0.608. The van der Waals surface area contributed by atoms with Crippen LogP contribution in [0.3, 0.4) is 0 Å². The van der Waals surface area contributed by atoms with Gasteiger partial charge in [0.05, 0.1) is 35.3 Å². The van der Waals surface area contributed by atoms with Gasteiger partial charge in [-0.05, 0) is 19.1 Å². The van der Waals surface area contributed by atoms with Crippen LogP contribution in [0.5, 0.6) is 5.75 Å². The van der Waals surface area contributed by atoms with Gasteiger partial charge in [0, 0.05) is 17.7 Å². The van der Waals surface area contributed by atoms with Crippen LogP contribution in [0.4, 0.5) is 0 Å². The lowest BCUT2D eigenvalue weighted by Crippen LogP contribution is -2.14. The zero-order chi connectivity index (χ0) is 17.6. The smallest absolute Gasteiger partial charge is 0.274 e. The number of nitrogens with one attached hydrogen (secondary N) is 1. The van der Waals surface area contributed by atoms with Gasteiger partial charge < -0.3 is 14.2 Å². The zero-order valence-electron chi connectivity index (χ0n) is 13.4. The van der Waals surface area contributed by atoms with Crippen molar-refractivity contribution in [3.8, 4) is 28.3 Å². The Bertz CT molecular complexity index is 1140. The molecule has 0 unspecified atom stereocenters. The number of aromatic nitrogens is 4. The normalized spacial score (nSPS) is 11.2. The largest absolute Gasteiger partial charge is 0.495 e. The molecule has 0 bridgehead atoms. The Morgan fingerprint density at radius 3 is 2.84 bits per heavy atom. The third kappa shape index (κ3) is 2.58. The molecule has 1 aromatic carbocycles. The van der Waals surface area contributed by atoms with E-state index in [1.165, 1.54) is 17.7 Å². The number of nitrogens with zero attached hydrogens (tertiary/aromatic N) is 3. The first-order chi connectivity index (χ1) is 12.1. The van der Waals surface area contributed by atoms with Gasteiger partial charge in [-0.3, -0.25) is 4.79 Å². The van der Waals surface area contributed by atoms with E-state index in [0.717, 1.165) is 11.3 Å². The second kappa shape index (κ2) is 5.78. The van der Waals surface area contributed by atoms with Crippen molar-refractivity contribution >= 4 is 17.2 Å². The average molecular weight is 357 g/mol. The number of fused-ring (bicyclic) bond motifs is 1. The minimum Gasteiger partial charge on any atom is -0.495 e. The van der Waals surface area contributed by atoms with Gasteiger partial charge in [-0.15, -0.1) is 0 Å². The Morgan fingerprint density at radius 2 is 2.12 bits per heavy atom. The molecule has 8 heteroatoms. The second-order valence-electron chi connectivity index (χ2n) is 5.52. The molecule has 1 N–H and O–H groups in total. The van der Waals surface area contributed by atoms with E-state index >= 15 is 0 Å². The highest BCUT2D eigenvalue weighted by molar-refractivity contribution is 6.32. The van der Waals surface area contributed by atoms with Gasteiger partial charge in [-0.25, -0.2) is 0 Å². The van der Waals surface area contributed by atoms with Crippen LogP contribution < -0.4 is 10.3 Å². The molecule has 0 amide bonds. The van der Waals surface area contributed by atoms with Crippen LogP contribution in [-0.2, 0) is 0 Å². The number of aryl methyl sites for hydroxylation is 1. The van der Waals surface area contributed by atoms with Crippen molar-refractivity contribution in [2.45, 2.75) is 6.92 Å². The average Bonchev–Trinajstić information content (AvgIpc) is 3.21. The lowest BCUT2D eigenvalue weighted by Gasteiger charge is -2.07. The molecule has 0 atom stereocenters. The van der Waals surface area contributed by atoms with E-state index in [1.807, 2.05) is 6.92 Å². The molecule has 0 fully saturated rings. The summed E-state index contributed by atoms with van der Waals surface area (Å²) >= 11 is 6.07. The fraction of sp³-hybridized carbons (Fsp3) is 0.118. The molecular weight excluding hydrogens is 344 g/mol. The highest BCUT2D eigenvalue weighted by Crippen LogP contribution is 2.30. The lowest BCUT2D eigenvalue weighted by atomic mass is 10.1. The number of ether oxygens (including phenoxy) is 1. The maximum atomic E-state index is 12.4.